The van der Waals surface area contributed by atoms with Gasteiger partial charge in [0.05, 0.1) is 12.0 Å². The molecule has 2 heterocycles. The average Bonchev–Trinajstić information content (AvgIpc) is 3.35. The van der Waals surface area contributed by atoms with Crippen LogP contribution in [0.15, 0.2) is 95.9 Å². The lowest BCUT2D eigenvalue weighted by atomic mass is 10.1. The lowest BCUT2D eigenvalue weighted by molar-refractivity contribution is 0.306. The maximum absolute atomic E-state index is 12.7. The van der Waals surface area contributed by atoms with E-state index in [2.05, 4.69) is 20.0 Å². The number of ether oxygens (including phenoxy) is 2. The highest BCUT2D eigenvalue weighted by Gasteiger charge is 2.14. The molecule has 0 saturated carbocycles. The second kappa shape index (κ2) is 10.1. The van der Waals surface area contributed by atoms with Crippen LogP contribution in [0.1, 0.15) is 0 Å². The summed E-state index contributed by atoms with van der Waals surface area (Å²) < 4.78 is 40.4. The normalized spacial score (nSPS) is 11.5. The van der Waals surface area contributed by atoms with Crippen molar-refractivity contribution in [1.82, 2.24) is 24.5 Å². The van der Waals surface area contributed by atoms with Crippen molar-refractivity contribution in [3.05, 3.63) is 91.0 Å². The molecule has 0 bridgehead atoms. The van der Waals surface area contributed by atoms with Crippen LogP contribution >= 0.6 is 0 Å². The molecule has 2 aromatic heterocycles. The van der Waals surface area contributed by atoms with E-state index in [-0.39, 0.29) is 18.0 Å². The molecule has 5 rings (SSSR count). The van der Waals surface area contributed by atoms with Crippen LogP contribution in [0.5, 0.6) is 11.6 Å². The molecule has 10 heteroatoms. The van der Waals surface area contributed by atoms with Gasteiger partial charge in [0, 0.05) is 18.2 Å². The zero-order valence-corrected chi connectivity index (χ0v) is 20.2. The Kier molecular flexibility index (Phi) is 6.61. The number of hydrogen-bond donors (Lipinski definition) is 1. The van der Waals surface area contributed by atoms with Crippen molar-refractivity contribution in [3.8, 4) is 34.1 Å². The third-order valence-electron chi connectivity index (χ3n) is 5.50. The Labute approximate surface area is 208 Å². The molecule has 0 aliphatic carbocycles. The second-order valence-electron chi connectivity index (χ2n) is 7.83. The van der Waals surface area contributed by atoms with Gasteiger partial charge in [-0.2, -0.15) is 4.52 Å². The number of aromatic nitrogens is 4. The molecule has 0 aliphatic heterocycles. The first-order chi connectivity index (χ1) is 17.5. The van der Waals surface area contributed by atoms with E-state index < -0.39 is 10.0 Å². The van der Waals surface area contributed by atoms with E-state index in [0.29, 0.717) is 17.4 Å². The number of methoxy groups -OCH3 is 1. The Hall–Kier alpha value is -4.28. The van der Waals surface area contributed by atoms with Gasteiger partial charge in [0.2, 0.25) is 15.9 Å². The molecular weight excluding hydrogens is 478 g/mol. The van der Waals surface area contributed by atoms with Crippen LogP contribution in [0.25, 0.3) is 28.2 Å². The van der Waals surface area contributed by atoms with Crippen molar-refractivity contribution in [3.63, 3.8) is 0 Å². The van der Waals surface area contributed by atoms with Crippen LogP contribution in [-0.4, -0.2) is 48.5 Å². The summed E-state index contributed by atoms with van der Waals surface area (Å²) in [6, 6.07) is 27.3. The summed E-state index contributed by atoms with van der Waals surface area (Å²) in [6.45, 7) is 0.176. The minimum absolute atomic E-state index is 0.0794. The Morgan fingerprint density at radius 1 is 0.806 bits per heavy atom. The van der Waals surface area contributed by atoms with E-state index in [0.717, 1.165) is 22.4 Å². The zero-order valence-electron chi connectivity index (χ0n) is 19.4. The molecule has 0 fully saturated rings. The lowest BCUT2D eigenvalue weighted by Gasteiger charge is -2.09. The molecule has 5 aromatic rings. The van der Waals surface area contributed by atoms with Gasteiger partial charge in [-0.1, -0.05) is 42.5 Å². The molecule has 0 amide bonds. The topological polar surface area (TPSA) is 108 Å². The van der Waals surface area contributed by atoms with Crippen molar-refractivity contribution in [1.29, 1.82) is 0 Å². The fourth-order valence-corrected chi connectivity index (χ4v) is 4.65. The first-order valence-electron chi connectivity index (χ1n) is 11.2. The Balaban J connectivity index is 1.21. The van der Waals surface area contributed by atoms with Crippen LogP contribution < -0.4 is 14.2 Å². The predicted octanol–water partition coefficient (Wildman–Crippen LogP) is 3.82. The highest BCUT2D eigenvalue weighted by Crippen LogP contribution is 2.22. The predicted molar refractivity (Wildman–Crippen MR) is 135 cm³/mol. The molecule has 1 N–H and O–H groups in total. The lowest BCUT2D eigenvalue weighted by Crippen LogP contribution is -2.28. The summed E-state index contributed by atoms with van der Waals surface area (Å²) in [5.41, 5.74) is 3.35. The maximum Gasteiger partial charge on any atom is 0.240 e. The number of sulfonamides is 1. The minimum Gasteiger partial charge on any atom is -0.497 e. The van der Waals surface area contributed by atoms with Crippen LogP contribution in [0, 0.1) is 0 Å². The molecule has 9 nitrogen and oxygen atoms in total. The quantitative estimate of drug-likeness (QED) is 0.306. The number of hydrogen-bond acceptors (Lipinski definition) is 7. The molecule has 0 unspecified atom stereocenters. The van der Waals surface area contributed by atoms with Gasteiger partial charge < -0.3 is 9.47 Å². The van der Waals surface area contributed by atoms with Crippen LogP contribution in [0.3, 0.4) is 0 Å². The smallest absolute Gasteiger partial charge is 0.240 e. The fraction of sp³-hybridized carbons (Fsp3) is 0.115. The second-order valence-corrected chi connectivity index (χ2v) is 9.60. The van der Waals surface area contributed by atoms with Crippen LogP contribution in [-0.2, 0) is 10.0 Å². The van der Waals surface area contributed by atoms with Crippen molar-refractivity contribution >= 4 is 15.7 Å². The third-order valence-corrected chi connectivity index (χ3v) is 6.98. The first kappa shape index (κ1) is 23.5. The van der Waals surface area contributed by atoms with E-state index in [4.69, 9.17) is 9.47 Å². The summed E-state index contributed by atoms with van der Waals surface area (Å²) in [6.07, 6.45) is 0. The summed E-state index contributed by atoms with van der Waals surface area (Å²) in [5, 5.41) is 12.8. The first-order valence-corrected chi connectivity index (χ1v) is 12.7. The molecule has 3 aromatic carbocycles. The highest BCUT2D eigenvalue weighted by molar-refractivity contribution is 7.89. The third kappa shape index (κ3) is 5.04. The number of benzene rings is 3. The zero-order chi connectivity index (χ0) is 25.0. The van der Waals surface area contributed by atoms with Crippen molar-refractivity contribution in [2.24, 2.45) is 0 Å². The van der Waals surface area contributed by atoms with E-state index >= 15 is 0 Å². The van der Waals surface area contributed by atoms with Gasteiger partial charge in [-0.15, -0.1) is 15.3 Å². The van der Waals surface area contributed by atoms with Gasteiger partial charge in [-0.25, -0.2) is 13.1 Å². The number of nitrogens with zero attached hydrogens (tertiary/aromatic N) is 4. The Morgan fingerprint density at radius 3 is 2.22 bits per heavy atom. The molecule has 0 atom stereocenters. The average molecular weight is 502 g/mol. The van der Waals surface area contributed by atoms with Crippen molar-refractivity contribution < 1.29 is 17.9 Å². The summed E-state index contributed by atoms with van der Waals surface area (Å²) >= 11 is 0. The molecule has 0 saturated heterocycles. The van der Waals surface area contributed by atoms with Gasteiger partial charge in [-0.05, 0) is 53.6 Å². The fourth-order valence-electron chi connectivity index (χ4n) is 3.64. The van der Waals surface area contributed by atoms with Gasteiger partial charge in [0.1, 0.15) is 12.4 Å². The van der Waals surface area contributed by atoms with Gasteiger partial charge in [0.25, 0.3) is 0 Å². The van der Waals surface area contributed by atoms with Gasteiger partial charge >= 0.3 is 0 Å². The van der Waals surface area contributed by atoms with E-state index in [1.165, 1.54) is 0 Å². The molecule has 0 aliphatic rings. The monoisotopic (exact) mass is 501 g/mol. The number of nitrogens with one attached hydrogen (secondary N) is 1. The molecule has 36 heavy (non-hydrogen) atoms. The van der Waals surface area contributed by atoms with Crippen LogP contribution in [0.2, 0.25) is 0 Å². The Morgan fingerprint density at radius 2 is 1.50 bits per heavy atom. The largest absolute Gasteiger partial charge is 0.497 e. The van der Waals surface area contributed by atoms with Crippen LogP contribution in [0.4, 0.5) is 0 Å². The summed E-state index contributed by atoms with van der Waals surface area (Å²) in [4.78, 5) is 0.190. The highest BCUT2D eigenvalue weighted by atomic mass is 32.2. The molecule has 0 radical (unpaired) electrons. The van der Waals surface area contributed by atoms with E-state index in [1.807, 2.05) is 54.6 Å². The number of rotatable bonds is 9. The standard InChI is InChI=1S/C26H23N5O4S/c1-34-22-11-7-21(8-12-22)26-29-28-24-15-16-25(30-31(24)26)35-18-17-27-36(32,33)23-13-9-20(10-14-23)19-5-3-2-4-6-19/h2-16,27H,17-18H2,1H3. The SMILES string of the molecule is COc1ccc(-c2nnc3ccc(OCCNS(=O)(=O)c4ccc(-c5ccccc5)cc4)nn23)cc1. The maximum atomic E-state index is 12.7. The minimum atomic E-state index is -3.67. The number of fused-ring (bicyclic) bond motifs is 1. The summed E-state index contributed by atoms with van der Waals surface area (Å²) in [5.74, 6) is 1.61. The van der Waals surface area contributed by atoms with Crippen molar-refractivity contribution in [2.45, 2.75) is 4.90 Å². The van der Waals surface area contributed by atoms with Crippen molar-refractivity contribution in [2.75, 3.05) is 20.3 Å². The Bertz CT molecular complexity index is 1570. The molecular formula is C26H23N5O4S. The molecule has 182 valence electrons. The van der Waals surface area contributed by atoms with Gasteiger partial charge in [0.15, 0.2) is 11.5 Å². The van der Waals surface area contributed by atoms with Gasteiger partial charge in [-0.3, -0.25) is 0 Å². The van der Waals surface area contributed by atoms with E-state index in [1.54, 1.807) is 48.0 Å². The van der Waals surface area contributed by atoms with E-state index in [9.17, 15) is 8.42 Å². The summed E-state index contributed by atoms with van der Waals surface area (Å²) in [7, 11) is -2.07. The molecule has 0 spiro atoms.